The highest BCUT2D eigenvalue weighted by Crippen LogP contribution is 2.49. The van der Waals surface area contributed by atoms with Crippen LogP contribution in [0.1, 0.15) is 23.5 Å². The fraction of sp³-hybridized carbons (Fsp3) is 0.400. The van der Waals surface area contributed by atoms with Crippen LogP contribution in [0.5, 0.6) is 0 Å². The van der Waals surface area contributed by atoms with Crippen LogP contribution >= 0.6 is 0 Å². The van der Waals surface area contributed by atoms with Gasteiger partial charge in [0.1, 0.15) is 23.5 Å². The third-order valence-electron chi connectivity index (χ3n) is 4.16. The smallest absolute Gasteiger partial charge is 0.145 e. The molecule has 0 spiro atoms. The zero-order valence-corrected chi connectivity index (χ0v) is 10.9. The molecule has 1 aliphatic carbocycles. The van der Waals surface area contributed by atoms with Gasteiger partial charge in [0.15, 0.2) is 0 Å². The molecular formula is C15H18N3+. The molecule has 2 N–H and O–H groups in total. The minimum atomic E-state index is 0.608. The summed E-state index contributed by atoms with van der Waals surface area (Å²) in [4.78, 5) is 0. The third-order valence-corrected chi connectivity index (χ3v) is 4.16. The number of nitrogens with zero attached hydrogens (tertiary/aromatic N) is 2. The second kappa shape index (κ2) is 3.68. The SMILES string of the molecule is C[N+]1(C)C=C(C#N)c2cc(C3CC3CN)ccc21. The van der Waals surface area contributed by atoms with Crippen LogP contribution in [0.2, 0.25) is 0 Å². The van der Waals surface area contributed by atoms with Gasteiger partial charge in [-0.3, -0.25) is 4.48 Å². The molecule has 1 saturated carbocycles. The van der Waals surface area contributed by atoms with Crippen LogP contribution in [0.15, 0.2) is 24.4 Å². The van der Waals surface area contributed by atoms with Crippen LogP contribution in [0, 0.1) is 17.2 Å². The quantitative estimate of drug-likeness (QED) is 0.806. The topological polar surface area (TPSA) is 49.8 Å². The molecule has 3 rings (SSSR count). The van der Waals surface area contributed by atoms with E-state index in [1.54, 1.807) is 0 Å². The Morgan fingerprint density at radius 2 is 2.22 bits per heavy atom. The summed E-state index contributed by atoms with van der Waals surface area (Å²) >= 11 is 0. The van der Waals surface area contributed by atoms with E-state index in [0.717, 1.165) is 17.7 Å². The number of rotatable bonds is 2. The Kier molecular flexibility index (Phi) is 2.34. The highest BCUT2D eigenvalue weighted by molar-refractivity contribution is 5.89. The average Bonchev–Trinajstić information content (AvgIpc) is 3.10. The van der Waals surface area contributed by atoms with Crippen molar-refractivity contribution in [1.82, 2.24) is 4.48 Å². The van der Waals surface area contributed by atoms with Crippen molar-refractivity contribution in [2.75, 3.05) is 20.6 Å². The molecular weight excluding hydrogens is 222 g/mol. The van der Waals surface area contributed by atoms with E-state index < -0.39 is 0 Å². The largest absolute Gasteiger partial charge is 0.330 e. The van der Waals surface area contributed by atoms with Crippen LogP contribution < -0.4 is 10.2 Å². The van der Waals surface area contributed by atoms with Gasteiger partial charge in [-0.25, -0.2) is 0 Å². The summed E-state index contributed by atoms with van der Waals surface area (Å²) in [6, 6.07) is 8.87. The molecule has 0 radical (unpaired) electrons. The summed E-state index contributed by atoms with van der Waals surface area (Å²) in [5, 5.41) is 9.24. The molecule has 92 valence electrons. The van der Waals surface area contributed by atoms with Gasteiger partial charge in [0.2, 0.25) is 0 Å². The van der Waals surface area contributed by atoms with E-state index in [4.69, 9.17) is 5.73 Å². The number of nitrogens with two attached hydrogens (primary N) is 1. The lowest BCUT2D eigenvalue weighted by Gasteiger charge is -2.21. The second-order valence-electron chi connectivity index (χ2n) is 5.81. The van der Waals surface area contributed by atoms with E-state index >= 15 is 0 Å². The third kappa shape index (κ3) is 1.58. The zero-order valence-electron chi connectivity index (χ0n) is 10.9. The summed E-state index contributed by atoms with van der Waals surface area (Å²) in [5.74, 6) is 1.25. The fourth-order valence-electron chi connectivity index (χ4n) is 2.97. The Bertz CT molecular complexity index is 578. The number of hydrogen-bond acceptors (Lipinski definition) is 2. The summed E-state index contributed by atoms with van der Waals surface area (Å²) in [6.07, 6.45) is 3.21. The van der Waals surface area contributed by atoms with Crippen LogP contribution in [0.4, 0.5) is 5.69 Å². The maximum atomic E-state index is 9.24. The lowest BCUT2D eigenvalue weighted by atomic mass is 10.0. The average molecular weight is 240 g/mol. The molecule has 1 aliphatic heterocycles. The standard InChI is InChI=1S/C15H18N3/c1-18(2)9-12(8-17)14-5-10(3-4-15(14)18)13-6-11(13)7-16/h3-5,9,11,13H,6-7,16H2,1-2H3/q+1. The monoisotopic (exact) mass is 240 g/mol. The van der Waals surface area contributed by atoms with Crippen molar-refractivity contribution in [2.45, 2.75) is 12.3 Å². The van der Waals surface area contributed by atoms with E-state index in [0.29, 0.717) is 16.3 Å². The van der Waals surface area contributed by atoms with E-state index in [9.17, 15) is 5.26 Å². The van der Waals surface area contributed by atoms with Crippen molar-refractivity contribution in [3.63, 3.8) is 0 Å². The molecule has 0 aromatic heterocycles. The molecule has 1 fully saturated rings. The van der Waals surface area contributed by atoms with Crippen LogP contribution in [0.25, 0.3) is 5.57 Å². The van der Waals surface area contributed by atoms with E-state index in [1.165, 1.54) is 17.7 Å². The Hall–Kier alpha value is -1.63. The lowest BCUT2D eigenvalue weighted by Crippen LogP contribution is -2.31. The maximum absolute atomic E-state index is 9.24. The Balaban J connectivity index is 2.03. The predicted molar refractivity (Wildman–Crippen MR) is 73.6 cm³/mol. The zero-order chi connectivity index (χ0) is 12.9. The van der Waals surface area contributed by atoms with Crippen molar-refractivity contribution in [3.8, 4) is 6.07 Å². The van der Waals surface area contributed by atoms with Gasteiger partial charge in [-0.15, -0.1) is 0 Å². The normalized spacial score (nSPS) is 27.3. The first-order valence-electron chi connectivity index (χ1n) is 6.38. The van der Waals surface area contributed by atoms with Crippen molar-refractivity contribution >= 4 is 11.3 Å². The second-order valence-corrected chi connectivity index (χ2v) is 5.81. The van der Waals surface area contributed by atoms with Crippen molar-refractivity contribution in [3.05, 3.63) is 35.5 Å². The number of quaternary nitrogens is 1. The molecule has 2 aliphatic rings. The van der Waals surface area contributed by atoms with Crippen LogP contribution in [-0.2, 0) is 0 Å². The molecule has 0 amide bonds. The maximum Gasteiger partial charge on any atom is 0.145 e. The van der Waals surface area contributed by atoms with Gasteiger partial charge in [-0.05, 0) is 36.4 Å². The van der Waals surface area contributed by atoms with E-state index in [2.05, 4.69) is 38.4 Å². The summed E-state index contributed by atoms with van der Waals surface area (Å²) in [7, 11) is 4.20. The molecule has 18 heavy (non-hydrogen) atoms. The van der Waals surface area contributed by atoms with Crippen LogP contribution in [-0.4, -0.2) is 20.6 Å². The first kappa shape index (κ1) is 11.5. The number of allylic oxidation sites excluding steroid dienone is 1. The Morgan fingerprint density at radius 3 is 2.83 bits per heavy atom. The van der Waals surface area contributed by atoms with Gasteiger partial charge in [0, 0.05) is 6.07 Å². The fourth-order valence-corrected chi connectivity index (χ4v) is 2.97. The van der Waals surface area contributed by atoms with Gasteiger partial charge in [-0.1, -0.05) is 6.07 Å². The Labute approximate surface area is 108 Å². The van der Waals surface area contributed by atoms with Gasteiger partial charge >= 0.3 is 0 Å². The van der Waals surface area contributed by atoms with Gasteiger partial charge in [0.05, 0.1) is 19.7 Å². The molecule has 2 atom stereocenters. The minimum Gasteiger partial charge on any atom is -0.330 e. The molecule has 2 unspecified atom stereocenters. The summed E-state index contributed by atoms with van der Waals surface area (Å²) in [6.45, 7) is 0.768. The number of nitriles is 1. The first-order chi connectivity index (χ1) is 8.56. The lowest BCUT2D eigenvalue weighted by molar-refractivity contribution is 0.550. The Morgan fingerprint density at radius 1 is 1.44 bits per heavy atom. The number of hydrogen-bond donors (Lipinski definition) is 1. The highest BCUT2D eigenvalue weighted by atomic mass is 15.3. The molecule has 3 nitrogen and oxygen atoms in total. The van der Waals surface area contributed by atoms with Gasteiger partial charge < -0.3 is 5.73 Å². The molecule has 0 saturated heterocycles. The minimum absolute atomic E-state index is 0.608. The van der Waals surface area contributed by atoms with Crippen molar-refractivity contribution in [1.29, 1.82) is 5.26 Å². The summed E-state index contributed by atoms with van der Waals surface area (Å²) in [5.41, 5.74) is 10.1. The van der Waals surface area contributed by atoms with E-state index in [1.807, 2.05) is 6.20 Å². The van der Waals surface area contributed by atoms with Crippen LogP contribution in [0.3, 0.4) is 0 Å². The number of benzene rings is 1. The predicted octanol–water partition coefficient (Wildman–Crippen LogP) is 2.19. The van der Waals surface area contributed by atoms with Gasteiger partial charge in [0.25, 0.3) is 0 Å². The summed E-state index contributed by atoms with van der Waals surface area (Å²) < 4.78 is 0.656. The first-order valence-corrected chi connectivity index (χ1v) is 6.38. The molecule has 3 heteroatoms. The van der Waals surface area contributed by atoms with E-state index in [-0.39, 0.29) is 0 Å². The number of fused-ring (bicyclic) bond motifs is 1. The molecule has 0 bridgehead atoms. The van der Waals surface area contributed by atoms with Crippen molar-refractivity contribution in [2.24, 2.45) is 11.7 Å². The molecule has 1 aromatic rings. The van der Waals surface area contributed by atoms with Crippen molar-refractivity contribution < 1.29 is 0 Å². The molecule has 1 heterocycles. The highest BCUT2D eigenvalue weighted by Gasteiger charge is 2.39. The molecule has 1 aromatic carbocycles. The van der Waals surface area contributed by atoms with Gasteiger partial charge in [-0.2, -0.15) is 5.26 Å².